The summed E-state index contributed by atoms with van der Waals surface area (Å²) in [5.41, 5.74) is -0.138. The van der Waals surface area contributed by atoms with E-state index in [1.54, 1.807) is 25.1 Å². The van der Waals surface area contributed by atoms with E-state index in [0.717, 1.165) is 19.0 Å². The molecule has 0 saturated carbocycles. The Morgan fingerprint density at radius 3 is 2.26 bits per heavy atom. The van der Waals surface area contributed by atoms with E-state index in [1.165, 1.54) is 38.5 Å². The van der Waals surface area contributed by atoms with Gasteiger partial charge in [-0.3, -0.25) is 10.1 Å². The molecule has 0 spiro atoms. The molecule has 1 aromatic rings. The molecular weight excluding hydrogens is 400 g/mol. The maximum atomic E-state index is 11.7. The molecule has 0 aliphatic heterocycles. The van der Waals surface area contributed by atoms with Crippen LogP contribution in [-0.4, -0.2) is 30.7 Å². The Kier molecular flexibility index (Phi) is 13.5. The van der Waals surface area contributed by atoms with Gasteiger partial charge in [0.1, 0.15) is 0 Å². The lowest BCUT2D eigenvalue weighted by atomic mass is 10.1. The first-order valence-corrected chi connectivity index (χ1v) is 11.2. The molecule has 8 nitrogen and oxygen atoms in total. The van der Waals surface area contributed by atoms with E-state index in [1.807, 2.05) is 6.92 Å². The van der Waals surface area contributed by atoms with Crippen molar-refractivity contribution in [3.63, 3.8) is 0 Å². The molecule has 0 aliphatic rings. The number of ether oxygens (including phenoxy) is 3. The highest BCUT2D eigenvalue weighted by atomic mass is 16.6. The van der Waals surface area contributed by atoms with Crippen molar-refractivity contribution in [3.8, 4) is 11.5 Å². The first kappa shape index (κ1) is 26.3. The summed E-state index contributed by atoms with van der Waals surface area (Å²) in [5.74, 6) is 0.175. The Labute approximate surface area is 185 Å². The third-order valence-corrected chi connectivity index (χ3v) is 4.56. The number of hydrogen-bond acceptors (Lipinski definition) is 7. The second-order valence-electron chi connectivity index (χ2n) is 7.07. The highest BCUT2D eigenvalue weighted by molar-refractivity contribution is 5.86. The lowest BCUT2D eigenvalue weighted by molar-refractivity contribution is -0.421. The van der Waals surface area contributed by atoms with Gasteiger partial charge in [0.05, 0.1) is 30.9 Å². The van der Waals surface area contributed by atoms with Crippen LogP contribution in [0.3, 0.4) is 0 Å². The van der Waals surface area contributed by atoms with Gasteiger partial charge in [-0.2, -0.15) is 0 Å². The van der Waals surface area contributed by atoms with Crippen LogP contribution in [0.15, 0.2) is 30.1 Å². The van der Waals surface area contributed by atoms with Crippen LogP contribution in [0.1, 0.15) is 72.1 Å². The van der Waals surface area contributed by atoms with Crippen molar-refractivity contribution in [1.29, 1.82) is 0 Å². The largest absolute Gasteiger partial charge is 0.490 e. The molecule has 0 fully saturated rings. The normalized spacial score (nSPS) is 11.1. The fourth-order valence-corrected chi connectivity index (χ4v) is 2.95. The average Bonchev–Trinajstić information content (AvgIpc) is 2.74. The predicted octanol–water partition coefficient (Wildman–Crippen LogP) is 5.70. The minimum absolute atomic E-state index is 0.0589. The molecule has 8 heteroatoms. The smallest absolute Gasteiger partial charge is 0.411 e. The summed E-state index contributed by atoms with van der Waals surface area (Å²) in [6, 6.07) is 5.15. The van der Waals surface area contributed by atoms with Gasteiger partial charge in [0, 0.05) is 11.8 Å². The van der Waals surface area contributed by atoms with Crippen molar-refractivity contribution >= 4 is 11.7 Å². The number of esters is 1. The molecule has 31 heavy (non-hydrogen) atoms. The second kappa shape index (κ2) is 16.0. The Hall–Kier alpha value is -2.77. The number of carbonyl (C=O) groups excluding carboxylic acids is 1. The summed E-state index contributed by atoms with van der Waals surface area (Å²) in [4.78, 5) is 22.0. The third-order valence-electron chi connectivity index (χ3n) is 4.56. The van der Waals surface area contributed by atoms with E-state index in [-0.39, 0.29) is 6.61 Å². The van der Waals surface area contributed by atoms with Crippen LogP contribution in [0.5, 0.6) is 11.5 Å². The topological polar surface area (TPSA) is 99.9 Å². The lowest BCUT2D eigenvalue weighted by Crippen LogP contribution is -2.16. The summed E-state index contributed by atoms with van der Waals surface area (Å²) in [6.45, 7) is 6.80. The summed E-state index contributed by atoms with van der Waals surface area (Å²) >= 11 is 0. The van der Waals surface area contributed by atoms with Crippen molar-refractivity contribution in [2.75, 3.05) is 25.1 Å². The zero-order valence-corrected chi connectivity index (χ0v) is 19.0. The second-order valence-corrected chi connectivity index (χ2v) is 7.07. The van der Waals surface area contributed by atoms with Gasteiger partial charge in [-0.05, 0) is 32.4 Å². The van der Waals surface area contributed by atoms with Gasteiger partial charge in [-0.25, -0.2) is 4.79 Å². The Bertz CT molecular complexity index is 705. The molecule has 1 rings (SSSR count). The maximum Gasteiger partial charge on any atom is 0.411 e. The van der Waals surface area contributed by atoms with Crippen LogP contribution in [0.2, 0.25) is 0 Å². The molecule has 0 radical (unpaired) electrons. The zero-order chi connectivity index (χ0) is 22.9. The monoisotopic (exact) mass is 436 g/mol. The fraction of sp³-hybridized carbons (Fsp3) is 0.609. The summed E-state index contributed by atoms with van der Waals surface area (Å²) < 4.78 is 16.2. The highest BCUT2D eigenvalue weighted by Gasteiger charge is 2.23. The number of benzene rings is 1. The van der Waals surface area contributed by atoms with E-state index >= 15 is 0 Å². The summed E-state index contributed by atoms with van der Waals surface area (Å²) in [5, 5.41) is 13.8. The van der Waals surface area contributed by atoms with Gasteiger partial charge in [0.2, 0.25) is 0 Å². The van der Waals surface area contributed by atoms with Crippen LogP contribution in [0.25, 0.3) is 0 Å². The van der Waals surface area contributed by atoms with Crippen LogP contribution in [0.4, 0.5) is 5.69 Å². The maximum absolute atomic E-state index is 11.7. The number of hydrogen-bond donors (Lipinski definition) is 1. The molecule has 0 aromatic heterocycles. The minimum Gasteiger partial charge on any atom is -0.490 e. The number of carbonyl (C=O) groups is 1. The number of rotatable bonds is 17. The van der Waals surface area contributed by atoms with Gasteiger partial charge < -0.3 is 19.5 Å². The van der Waals surface area contributed by atoms with Gasteiger partial charge in [-0.1, -0.05) is 51.9 Å². The molecule has 174 valence electrons. The van der Waals surface area contributed by atoms with Crippen molar-refractivity contribution in [3.05, 3.63) is 40.2 Å². The van der Waals surface area contributed by atoms with Crippen LogP contribution >= 0.6 is 0 Å². The highest BCUT2D eigenvalue weighted by Crippen LogP contribution is 2.31. The van der Waals surface area contributed by atoms with E-state index in [0.29, 0.717) is 30.4 Å². The number of nitrogens with one attached hydrogen (secondary N) is 1. The quantitative estimate of drug-likeness (QED) is 0.110. The molecule has 0 amide bonds. The molecular formula is C23H36N2O6. The van der Waals surface area contributed by atoms with Crippen LogP contribution in [0, 0.1) is 10.1 Å². The summed E-state index contributed by atoms with van der Waals surface area (Å²) in [7, 11) is 0. The molecule has 0 atom stereocenters. The third kappa shape index (κ3) is 10.7. The minimum atomic E-state index is -0.990. The van der Waals surface area contributed by atoms with Crippen molar-refractivity contribution in [2.45, 2.75) is 72.1 Å². The molecule has 0 saturated heterocycles. The van der Waals surface area contributed by atoms with Crippen LogP contribution < -0.4 is 14.8 Å². The molecule has 1 N–H and O–H groups in total. The van der Waals surface area contributed by atoms with E-state index in [2.05, 4.69) is 12.2 Å². The molecule has 0 heterocycles. The number of anilines is 1. The van der Waals surface area contributed by atoms with Gasteiger partial charge in [0.15, 0.2) is 11.5 Å². The van der Waals surface area contributed by atoms with E-state index < -0.39 is 16.6 Å². The average molecular weight is 437 g/mol. The van der Waals surface area contributed by atoms with Gasteiger partial charge in [-0.15, -0.1) is 0 Å². The van der Waals surface area contributed by atoms with E-state index in [4.69, 9.17) is 14.2 Å². The van der Waals surface area contributed by atoms with Crippen LogP contribution in [-0.2, 0) is 9.53 Å². The Balaban J connectivity index is 2.60. The summed E-state index contributed by atoms with van der Waals surface area (Å²) in [6.07, 6.45) is 10.8. The Morgan fingerprint density at radius 1 is 0.968 bits per heavy atom. The molecule has 0 bridgehead atoms. The number of unbranched alkanes of at least 4 members (excludes halogenated alkanes) is 7. The molecule has 1 aromatic carbocycles. The SMILES string of the molecule is CCCCCCCCCCOc1ccc(NC=C(C(=O)OCC)[N+](=O)[O-])cc1OCC. The lowest BCUT2D eigenvalue weighted by Gasteiger charge is -2.13. The van der Waals surface area contributed by atoms with Gasteiger partial charge in [0.25, 0.3) is 0 Å². The molecule has 0 aliphatic carbocycles. The molecule has 0 unspecified atom stereocenters. The number of nitro groups is 1. The number of nitrogens with zero attached hydrogens (tertiary/aromatic N) is 1. The first-order valence-electron chi connectivity index (χ1n) is 11.2. The first-order chi connectivity index (χ1) is 15.0. The van der Waals surface area contributed by atoms with Gasteiger partial charge >= 0.3 is 11.7 Å². The standard InChI is InChI=1S/C23H36N2O6/c1-4-7-8-9-10-11-12-13-16-31-21-15-14-19(17-22(21)29-5-2)24-18-20(25(27)28)23(26)30-6-3/h14-15,17-18,24H,4-13,16H2,1-3H3. The fourth-order valence-electron chi connectivity index (χ4n) is 2.95. The zero-order valence-electron chi connectivity index (χ0n) is 19.0. The predicted molar refractivity (Wildman–Crippen MR) is 121 cm³/mol. The van der Waals surface area contributed by atoms with Crippen molar-refractivity contribution < 1.29 is 23.9 Å². The van der Waals surface area contributed by atoms with Crippen molar-refractivity contribution in [1.82, 2.24) is 0 Å². The Morgan fingerprint density at radius 2 is 1.65 bits per heavy atom. The van der Waals surface area contributed by atoms with Crippen molar-refractivity contribution in [2.24, 2.45) is 0 Å². The van der Waals surface area contributed by atoms with E-state index in [9.17, 15) is 14.9 Å².